The molecule has 0 aliphatic carbocycles. The summed E-state index contributed by atoms with van der Waals surface area (Å²) in [4.78, 5) is 36.3. The van der Waals surface area contributed by atoms with Crippen LogP contribution in [0.3, 0.4) is 0 Å². The molecule has 3 aromatic rings. The van der Waals surface area contributed by atoms with E-state index in [2.05, 4.69) is 25.6 Å². The molecule has 3 rings (SSSR count). The van der Waals surface area contributed by atoms with Crippen LogP contribution in [0.4, 0.5) is 22.0 Å². The number of rotatable bonds is 7. The lowest BCUT2D eigenvalue weighted by molar-refractivity contribution is -0.147. The Morgan fingerprint density at radius 1 is 1.07 bits per heavy atom. The zero-order chi connectivity index (χ0) is 21.5. The highest BCUT2D eigenvalue weighted by Gasteiger charge is 2.18. The summed E-state index contributed by atoms with van der Waals surface area (Å²) in [6, 6.07) is 13.2. The van der Waals surface area contributed by atoms with Crippen LogP contribution in [0.15, 0.2) is 54.6 Å². The molecule has 0 saturated carbocycles. The number of nitrogen functional groups attached to an aromatic ring is 1. The van der Waals surface area contributed by atoms with Gasteiger partial charge in [-0.15, -0.1) is 0 Å². The number of carbonyl (C=O) groups is 2. The molecule has 0 radical (unpaired) electrons. The van der Waals surface area contributed by atoms with E-state index >= 15 is 0 Å². The zero-order valence-corrected chi connectivity index (χ0v) is 16.0. The molecule has 2 aromatic carbocycles. The Balaban J connectivity index is 1.58. The molecule has 1 atom stereocenters. The van der Waals surface area contributed by atoms with E-state index in [1.807, 2.05) is 0 Å². The minimum atomic E-state index is -0.881. The van der Waals surface area contributed by atoms with Crippen molar-refractivity contribution in [2.24, 2.45) is 0 Å². The van der Waals surface area contributed by atoms with Gasteiger partial charge in [-0.2, -0.15) is 15.0 Å². The summed E-state index contributed by atoms with van der Waals surface area (Å²) in [6.07, 6.45) is 0. The number of amides is 1. The van der Waals surface area contributed by atoms with Crippen LogP contribution >= 0.6 is 0 Å². The van der Waals surface area contributed by atoms with Crippen LogP contribution in [-0.2, 0) is 16.1 Å². The fourth-order valence-electron chi connectivity index (χ4n) is 2.41. The number of aromatic nitrogens is 3. The fraction of sp³-hybridized carbons (Fsp3) is 0.150. The number of hydrogen-bond acceptors (Lipinski definition) is 8. The second-order valence-electron chi connectivity index (χ2n) is 6.23. The Bertz CT molecular complexity index is 1030. The predicted molar refractivity (Wildman–Crippen MR) is 107 cm³/mol. The molecule has 0 aliphatic heterocycles. The number of anilines is 3. The van der Waals surface area contributed by atoms with Gasteiger partial charge in [0, 0.05) is 11.3 Å². The van der Waals surface area contributed by atoms with Crippen LogP contribution < -0.4 is 16.4 Å². The lowest BCUT2D eigenvalue weighted by Crippen LogP contribution is -2.39. The number of halogens is 1. The monoisotopic (exact) mass is 410 g/mol. The first-order valence-corrected chi connectivity index (χ1v) is 8.96. The number of nitrogens with two attached hydrogens (primary N) is 1. The van der Waals surface area contributed by atoms with Crippen LogP contribution in [0.25, 0.3) is 0 Å². The van der Waals surface area contributed by atoms with E-state index in [0.717, 1.165) is 0 Å². The van der Waals surface area contributed by atoms with E-state index in [1.54, 1.807) is 30.3 Å². The highest BCUT2D eigenvalue weighted by Crippen LogP contribution is 2.14. The van der Waals surface area contributed by atoms with Gasteiger partial charge in [0.2, 0.25) is 11.9 Å². The van der Waals surface area contributed by atoms with Crippen LogP contribution in [0, 0.1) is 5.82 Å². The minimum Gasteiger partial charge on any atom is -0.456 e. The third kappa shape index (κ3) is 5.71. The van der Waals surface area contributed by atoms with Gasteiger partial charge in [-0.05, 0) is 43.3 Å². The number of benzene rings is 2. The summed E-state index contributed by atoms with van der Waals surface area (Å²) in [5, 5.41) is 5.42. The Hall–Kier alpha value is -4.08. The molecular formula is C20H19FN6O3. The first-order valence-electron chi connectivity index (χ1n) is 8.96. The molecule has 9 nitrogen and oxygen atoms in total. The lowest BCUT2D eigenvalue weighted by atomic mass is 10.2. The van der Waals surface area contributed by atoms with Crippen molar-refractivity contribution < 1.29 is 18.7 Å². The Kier molecular flexibility index (Phi) is 6.48. The van der Waals surface area contributed by atoms with Crippen molar-refractivity contribution in [3.05, 3.63) is 71.8 Å². The minimum absolute atomic E-state index is 0.0777. The van der Waals surface area contributed by atoms with E-state index in [1.165, 1.54) is 31.2 Å². The summed E-state index contributed by atoms with van der Waals surface area (Å²) in [7, 11) is 0. The standard InChI is InChI=1S/C20H19FN6O3/c1-12(23-17(28)13-5-3-2-4-6-13)18(29)30-11-16-25-19(22)27-20(26-16)24-15-9-7-14(21)8-10-15/h2-10,12H,11H2,1H3,(H,23,28)(H3,22,24,25,26,27)/t12-/m1/s1. The van der Waals surface area contributed by atoms with Gasteiger partial charge in [0.05, 0.1) is 0 Å². The average Bonchev–Trinajstić information content (AvgIpc) is 2.74. The largest absolute Gasteiger partial charge is 0.456 e. The maximum Gasteiger partial charge on any atom is 0.328 e. The van der Waals surface area contributed by atoms with Crippen molar-refractivity contribution in [2.45, 2.75) is 19.6 Å². The summed E-state index contributed by atoms with van der Waals surface area (Å²) < 4.78 is 18.2. The first-order chi connectivity index (χ1) is 14.4. The molecule has 10 heteroatoms. The van der Waals surface area contributed by atoms with Crippen molar-refractivity contribution in [3.63, 3.8) is 0 Å². The summed E-state index contributed by atoms with van der Waals surface area (Å²) in [6.45, 7) is 1.24. The Labute approximate surface area is 171 Å². The molecule has 0 saturated heterocycles. The highest BCUT2D eigenvalue weighted by molar-refractivity contribution is 5.96. The molecule has 1 aromatic heterocycles. The smallest absolute Gasteiger partial charge is 0.328 e. The van der Waals surface area contributed by atoms with Gasteiger partial charge < -0.3 is 21.1 Å². The average molecular weight is 410 g/mol. The van der Waals surface area contributed by atoms with E-state index in [0.29, 0.717) is 11.3 Å². The van der Waals surface area contributed by atoms with E-state index in [9.17, 15) is 14.0 Å². The second kappa shape index (κ2) is 9.41. The molecule has 1 heterocycles. The maximum atomic E-state index is 13.0. The molecule has 0 fully saturated rings. The number of nitrogens with one attached hydrogen (secondary N) is 2. The van der Waals surface area contributed by atoms with Gasteiger partial charge in [-0.25, -0.2) is 9.18 Å². The molecule has 0 spiro atoms. The molecular weight excluding hydrogens is 391 g/mol. The van der Waals surface area contributed by atoms with Crippen molar-refractivity contribution in [3.8, 4) is 0 Å². The number of nitrogens with zero attached hydrogens (tertiary/aromatic N) is 3. The van der Waals surface area contributed by atoms with Crippen molar-refractivity contribution >= 4 is 29.5 Å². The highest BCUT2D eigenvalue weighted by atomic mass is 19.1. The normalized spacial score (nSPS) is 11.4. The first kappa shape index (κ1) is 20.6. The molecule has 1 amide bonds. The van der Waals surface area contributed by atoms with Crippen molar-refractivity contribution in [2.75, 3.05) is 11.1 Å². The molecule has 30 heavy (non-hydrogen) atoms. The summed E-state index contributed by atoms with van der Waals surface area (Å²) in [5.41, 5.74) is 6.65. The molecule has 154 valence electrons. The Morgan fingerprint density at radius 3 is 2.47 bits per heavy atom. The topological polar surface area (TPSA) is 132 Å². The quantitative estimate of drug-likeness (QED) is 0.505. The van der Waals surface area contributed by atoms with Gasteiger partial charge in [-0.3, -0.25) is 4.79 Å². The number of ether oxygens (including phenoxy) is 1. The van der Waals surface area contributed by atoms with E-state index < -0.39 is 17.9 Å². The second-order valence-corrected chi connectivity index (χ2v) is 6.23. The number of esters is 1. The van der Waals surface area contributed by atoms with E-state index in [-0.39, 0.29) is 30.1 Å². The molecule has 0 bridgehead atoms. The molecule has 0 aliphatic rings. The van der Waals surface area contributed by atoms with Gasteiger partial charge in [0.15, 0.2) is 12.4 Å². The van der Waals surface area contributed by atoms with Crippen LogP contribution in [0.1, 0.15) is 23.1 Å². The van der Waals surface area contributed by atoms with Gasteiger partial charge in [0.1, 0.15) is 11.9 Å². The molecule has 4 N–H and O–H groups in total. The third-order valence-electron chi connectivity index (χ3n) is 3.88. The van der Waals surface area contributed by atoms with Gasteiger partial charge in [-0.1, -0.05) is 18.2 Å². The summed E-state index contributed by atoms with van der Waals surface area (Å²) in [5.74, 6) is -1.28. The molecule has 0 unspecified atom stereocenters. The van der Waals surface area contributed by atoms with Crippen molar-refractivity contribution in [1.29, 1.82) is 0 Å². The number of carbonyl (C=O) groups excluding carboxylic acids is 2. The maximum absolute atomic E-state index is 13.0. The lowest BCUT2D eigenvalue weighted by Gasteiger charge is -2.13. The van der Waals surface area contributed by atoms with Gasteiger partial charge in [0.25, 0.3) is 5.91 Å². The fourth-order valence-corrected chi connectivity index (χ4v) is 2.41. The third-order valence-corrected chi connectivity index (χ3v) is 3.88. The van der Waals surface area contributed by atoms with Crippen molar-refractivity contribution in [1.82, 2.24) is 20.3 Å². The Morgan fingerprint density at radius 2 is 1.77 bits per heavy atom. The van der Waals surface area contributed by atoms with E-state index in [4.69, 9.17) is 10.5 Å². The van der Waals surface area contributed by atoms with Crippen LogP contribution in [0.5, 0.6) is 0 Å². The SMILES string of the molecule is C[C@@H](NC(=O)c1ccccc1)C(=O)OCc1nc(N)nc(Nc2ccc(F)cc2)n1. The van der Waals surface area contributed by atoms with Crippen LogP contribution in [0.2, 0.25) is 0 Å². The summed E-state index contributed by atoms with van der Waals surface area (Å²) >= 11 is 0. The predicted octanol–water partition coefficient (Wildman–Crippen LogP) is 2.20. The van der Waals surface area contributed by atoms with Crippen LogP contribution in [-0.4, -0.2) is 32.9 Å². The zero-order valence-electron chi connectivity index (χ0n) is 16.0. The number of hydrogen-bond donors (Lipinski definition) is 3. The van der Waals surface area contributed by atoms with Gasteiger partial charge >= 0.3 is 5.97 Å².